The molecule has 1 fully saturated rings. The zero-order chi connectivity index (χ0) is 14.5. The highest BCUT2D eigenvalue weighted by Crippen LogP contribution is 2.27. The van der Waals surface area contributed by atoms with E-state index in [2.05, 4.69) is 9.88 Å². The van der Waals surface area contributed by atoms with Gasteiger partial charge in [0.05, 0.1) is 11.3 Å². The van der Waals surface area contributed by atoms with Gasteiger partial charge >= 0.3 is 0 Å². The van der Waals surface area contributed by atoms with Crippen LogP contribution in [0.25, 0.3) is 0 Å². The average molecular weight is 276 g/mol. The van der Waals surface area contributed by atoms with Crippen LogP contribution in [0.1, 0.15) is 36.0 Å². The summed E-state index contributed by atoms with van der Waals surface area (Å²) in [6.45, 7) is 1.70. The summed E-state index contributed by atoms with van der Waals surface area (Å²) in [5.74, 6) is -0.304. The summed E-state index contributed by atoms with van der Waals surface area (Å²) in [6.07, 6.45) is 6.49. The Kier molecular flexibility index (Phi) is 4.55. The number of carbonyl (C=O) groups excluding carboxylic acids is 2. The maximum absolute atomic E-state index is 11.5. The number of hydrogen-bond acceptors (Lipinski definition) is 4. The third-order valence-electron chi connectivity index (χ3n) is 3.72. The number of rotatable bonds is 5. The van der Waals surface area contributed by atoms with E-state index < -0.39 is 5.91 Å². The van der Waals surface area contributed by atoms with E-state index in [1.807, 2.05) is 6.07 Å². The van der Waals surface area contributed by atoms with Gasteiger partial charge in [-0.1, -0.05) is 0 Å². The predicted molar refractivity (Wildman–Crippen MR) is 76.1 cm³/mol. The topological polar surface area (TPSA) is 102 Å². The van der Waals surface area contributed by atoms with Crippen molar-refractivity contribution in [3.05, 3.63) is 24.0 Å². The molecule has 1 saturated heterocycles. The van der Waals surface area contributed by atoms with Crippen LogP contribution in [0.3, 0.4) is 0 Å². The molecule has 0 bridgehead atoms. The van der Waals surface area contributed by atoms with Crippen LogP contribution in [-0.4, -0.2) is 29.9 Å². The number of hydrogen-bond donors (Lipinski definition) is 2. The fourth-order valence-electron chi connectivity index (χ4n) is 2.72. The van der Waals surface area contributed by atoms with Crippen molar-refractivity contribution in [1.29, 1.82) is 0 Å². The molecule has 6 nitrogen and oxygen atoms in total. The molecule has 0 aromatic carbocycles. The van der Waals surface area contributed by atoms with Gasteiger partial charge in [-0.15, -0.1) is 0 Å². The molecule has 6 heteroatoms. The fourth-order valence-corrected chi connectivity index (χ4v) is 2.72. The van der Waals surface area contributed by atoms with Crippen LogP contribution in [0.4, 0.5) is 5.69 Å². The van der Waals surface area contributed by atoms with E-state index in [0.717, 1.165) is 38.0 Å². The largest absolute Gasteiger partial charge is 0.371 e. The predicted octanol–water partition coefficient (Wildman–Crippen LogP) is 0.662. The van der Waals surface area contributed by atoms with Crippen molar-refractivity contribution in [2.24, 2.45) is 17.4 Å². The molecule has 1 unspecified atom stereocenters. The zero-order valence-electron chi connectivity index (χ0n) is 11.4. The first-order valence-corrected chi connectivity index (χ1v) is 6.85. The van der Waals surface area contributed by atoms with Crippen LogP contribution in [0.15, 0.2) is 18.5 Å². The first kappa shape index (κ1) is 14.3. The van der Waals surface area contributed by atoms with E-state index in [-0.39, 0.29) is 5.91 Å². The summed E-state index contributed by atoms with van der Waals surface area (Å²) >= 11 is 0. The summed E-state index contributed by atoms with van der Waals surface area (Å²) in [5, 5.41) is 0. The second-order valence-corrected chi connectivity index (χ2v) is 5.22. The molecule has 1 aromatic heterocycles. The van der Waals surface area contributed by atoms with E-state index in [9.17, 15) is 9.59 Å². The number of nitrogens with two attached hydrogens (primary N) is 2. The monoisotopic (exact) mass is 276 g/mol. The van der Waals surface area contributed by atoms with Crippen LogP contribution >= 0.6 is 0 Å². The van der Waals surface area contributed by atoms with E-state index in [4.69, 9.17) is 11.5 Å². The smallest absolute Gasteiger partial charge is 0.252 e. The van der Waals surface area contributed by atoms with Crippen molar-refractivity contribution >= 4 is 17.5 Å². The highest BCUT2D eigenvalue weighted by atomic mass is 16.1. The van der Waals surface area contributed by atoms with Crippen LogP contribution in [0.5, 0.6) is 0 Å². The number of primary amides is 2. The maximum atomic E-state index is 11.5. The Morgan fingerprint density at radius 3 is 2.90 bits per heavy atom. The molecule has 0 spiro atoms. The van der Waals surface area contributed by atoms with Crippen molar-refractivity contribution in [3.8, 4) is 0 Å². The Morgan fingerprint density at radius 2 is 2.20 bits per heavy atom. The number of carbonyl (C=O) groups is 2. The van der Waals surface area contributed by atoms with Gasteiger partial charge in [-0.2, -0.15) is 0 Å². The molecule has 108 valence electrons. The number of nitrogens with zero attached hydrogens (tertiary/aromatic N) is 2. The minimum Gasteiger partial charge on any atom is -0.371 e. The first-order chi connectivity index (χ1) is 9.58. The number of aromatic nitrogens is 1. The van der Waals surface area contributed by atoms with Gasteiger partial charge in [0.15, 0.2) is 0 Å². The summed E-state index contributed by atoms with van der Waals surface area (Å²) in [4.78, 5) is 28.4. The molecule has 0 radical (unpaired) electrons. The Morgan fingerprint density at radius 1 is 1.40 bits per heavy atom. The van der Waals surface area contributed by atoms with Gasteiger partial charge in [-0.05, 0) is 31.2 Å². The second-order valence-electron chi connectivity index (χ2n) is 5.22. The van der Waals surface area contributed by atoms with Crippen molar-refractivity contribution < 1.29 is 9.59 Å². The molecular formula is C14H20N4O2. The van der Waals surface area contributed by atoms with Crippen LogP contribution in [0, 0.1) is 5.92 Å². The standard InChI is InChI=1S/C14H20N4O2/c15-13(19)4-3-10-2-1-7-18(9-10)12-5-6-17-8-11(12)14(16)20/h5-6,8,10H,1-4,7,9H2,(H2,15,19)(H2,16,20). The first-order valence-electron chi connectivity index (χ1n) is 6.85. The van der Waals surface area contributed by atoms with Gasteiger partial charge in [-0.25, -0.2) is 0 Å². The normalized spacial score (nSPS) is 18.8. The zero-order valence-corrected chi connectivity index (χ0v) is 11.4. The average Bonchev–Trinajstić information content (AvgIpc) is 2.45. The quantitative estimate of drug-likeness (QED) is 0.824. The van der Waals surface area contributed by atoms with Crippen molar-refractivity contribution in [2.45, 2.75) is 25.7 Å². The van der Waals surface area contributed by atoms with E-state index in [0.29, 0.717) is 17.9 Å². The molecule has 1 aliphatic rings. The highest BCUT2D eigenvalue weighted by Gasteiger charge is 2.23. The number of pyridine rings is 1. The van der Waals surface area contributed by atoms with Gasteiger partial charge in [0, 0.05) is 31.9 Å². The van der Waals surface area contributed by atoms with Gasteiger partial charge in [0.2, 0.25) is 5.91 Å². The fraction of sp³-hybridized carbons (Fsp3) is 0.500. The molecular weight excluding hydrogens is 256 g/mol. The highest BCUT2D eigenvalue weighted by molar-refractivity contribution is 5.98. The second kappa shape index (κ2) is 6.36. The molecule has 1 aliphatic heterocycles. The summed E-state index contributed by atoms with van der Waals surface area (Å²) in [6, 6.07) is 1.82. The van der Waals surface area contributed by atoms with E-state index in [1.165, 1.54) is 6.20 Å². The Bertz CT molecular complexity index is 504. The molecule has 2 heterocycles. The van der Waals surface area contributed by atoms with Crippen LogP contribution in [0.2, 0.25) is 0 Å². The summed E-state index contributed by atoms with van der Waals surface area (Å²) < 4.78 is 0. The van der Waals surface area contributed by atoms with Gasteiger partial charge < -0.3 is 16.4 Å². The number of anilines is 1. The molecule has 20 heavy (non-hydrogen) atoms. The minimum absolute atomic E-state index is 0.260. The Hall–Kier alpha value is -2.11. The molecule has 1 atom stereocenters. The maximum Gasteiger partial charge on any atom is 0.252 e. The van der Waals surface area contributed by atoms with Gasteiger partial charge in [-0.3, -0.25) is 14.6 Å². The van der Waals surface area contributed by atoms with Gasteiger partial charge in [0.1, 0.15) is 0 Å². The van der Waals surface area contributed by atoms with Crippen LogP contribution < -0.4 is 16.4 Å². The third kappa shape index (κ3) is 3.46. The van der Waals surface area contributed by atoms with Crippen molar-refractivity contribution in [2.75, 3.05) is 18.0 Å². The molecule has 2 rings (SSSR count). The molecule has 0 aliphatic carbocycles. The number of piperidine rings is 1. The lowest BCUT2D eigenvalue weighted by Crippen LogP contribution is -2.37. The minimum atomic E-state index is -0.465. The summed E-state index contributed by atoms with van der Waals surface area (Å²) in [5.41, 5.74) is 11.9. The van der Waals surface area contributed by atoms with E-state index >= 15 is 0 Å². The molecule has 4 N–H and O–H groups in total. The van der Waals surface area contributed by atoms with Crippen LogP contribution in [-0.2, 0) is 4.79 Å². The third-order valence-corrected chi connectivity index (χ3v) is 3.72. The Labute approximate surface area is 118 Å². The lowest BCUT2D eigenvalue weighted by Gasteiger charge is -2.35. The molecule has 0 saturated carbocycles. The van der Waals surface area contributed by atoms with E-state index in [1.54, 1.807) is 6.20 Å². The summed E-state index contributed by atoms with van der Waals surface area (Å²) in [7, 11) is 0. The number of amides is 2. The SMILES string of the molecule is NC(=O)CCC1CCCN(c2ccncc2C(N)=O)C1. The lowest BCUT2D eigenvalue weighted by atomic mass is 9.92. The van der Waals surface area contributed by atoms with Gasteiger partial charge in [0.25, 0.3) is 5.91 Å². The Balaban J connectivity index is 2.09. The van der Waals surface area contributed by atoms with Crippen molar-refractivity contribution in [3.63, 3.8) is 0 Å². The molecule has 1 aromatic rings. The lowest BCUT2D eigenvalue weighted by molar-refractivity contribution is -0.118. The molecule has 2 amide bonds. The van der Waals surface area contributed by atoms with Crippen molar-refractivity contribution in [1.82, 2.24) is 4.98 Å².